The molecule has 0 bridgehead atoms. The van der Waals surface area contributed by atoms with Crippen molar-refractivity contribution in [2.24, 2.45) is 0 Å². The van der Waals surface area contributed by atoms with E-state index in [-0.39, 0.29) is 17.5 Å². The zero-order valence-electron chi connectivity index (χ0n) is 8.60. The van der Waals surface area contributed by atoms with E-state index in [4.69, 9.17) is 0 Å². The van der Waals surface area contributed by atoms with Gasteiger partial charge in [0, 0.05) is 18.2 Å². The van der Waals surface area contributed by atoms with Crippen molar-refractivity contribution in [2.75, 3.05) is 5.43 Å². The topological polar surface area (TPSA) is 70.3 Å². The molecule has 0 aliphatic carbocycles. The second kappa shape index (κ2) is 3.34. The van der Waals surface area contributed by atoms with Crippen LogP contribution in [0.25, 0.3) is 11.0 Å². The van der Waals surface area contributed by atoms with Gasteiger partial charge >= 0.3 is 0 Å². The molecule has 5 heteroatoms. The van der Waals surface area contributed by atoms with Gasteiger partial charge in [-0.15, -0.1) is 0 Å². The fourth-order valence-electron chi connectivity index (χ4n) is 1.41. The van der Waals surface area contributed by atoms with Crippen LogP contribution in [0, 0.1) is 0 Å². The normalized spacial score (nSPS) is 11.1. The second-order valence-corrected chi connectivity index (χ2v) is 3.73. The van der Waals surface area contributed by atoms with Gasteiger partial charge in [0.2, 0.25) is 0 Å². The molecule has 0 saturated heterocycles. The minimum absolute atomic E-state index is 0.144. The third-order valence-electron chi connectivity index (χ3n) is 2.04. The summed E-state index contributed by atoms with van der Waals surface area (Å²) in [6.45, 7) is 4.01. The molecule has 5 nitrogen and oxygen atoms in total. The van der Waals surface area contributed by atoms with E-state index >= 15 is 0 Å². The average molecular weight is 207 g/mol. The number of benzene rings is 1. The van der Waals surface area contributed by atoms with Crippen molar-refractivity contribution in [3.8, 4) is 11.5 Å². The first-order valence-electron chi connectivity index (χ1n) is 4.73. The van der Waals surface area contributed by atoms with Crippen LogP contribution in [0.3, 0.4) is 0 Å². The highest BCUT2D eigenvalue weighted by molar-refractivity contribution is 5.79. The van der Waals surface area contributed by atoms with E-state index in [0.717, 1.165) is 5.52 Å². The average Bonchev–Trinajstić information content (AvgIpc) is 2.49. The molecule has 0 radical (unpaired) electrons. The fourth-order valence-corrected chi connectivity index (χ4v) is 1.41. The van der Waals surface area contributed by atoms with Crippen molar-refractivity contribution < 1.29 is 10.2 Å². The van der Waals surface area contributed by atoms with Crippen LogP contribution in [0.4, 0.5) is 0 Å². The first-order chi connectivity index (χ1) is 7.08. The number of fused-ring (bicyclic) bond motifs is 1. The molecule has 1 heterocycles. The third kappa shape index (κ3) is 1.68. The molecule has 3 N–H and O–H groups in total. The Bertz CT molecular complexity index is 491. The maximum Gasteiger partial charge on any atom is 0.159 e. The summed E-state index contributed by atoms with van der Waals surface area (Å²) >= 11 is 0. The van der Waals surface area contributed by atoms with Gasteiger partial charge in [-0.3, -0.25) is 0 Å². The molecule has 0 atom stereocenters. The molecule has 0 spiro atoms. The van der Waals surface area contributed by atoms with Gasteiger partial charge in [0.05, 0.1) is 11.0 Å². The summed E-state index contributed by atoms with van der Waals surface area (Å²) < 4.78 is 1.72. The molecule has 0 fully saturated rings. The lowest BCUT2D eigenvalue weighted by atomic mass is 10.3. The molecule has 0 saturated carbocycles. The van der Waals surface area contributed by atoms with Gasteiger partial charge in [-0.1, -0.05) is 0 Å². The van der Waals surface area contributed by atoms with Crippen LogP contribution < -0.4 is 5.43 Å². The Labute approximate surface area is 87.0 Å². The largest absolute Gasteiger partial charge is 0.504 e. The van der Waals surface area contributed by atoms with Gasteiger partial charge in [0.1, 0.15) is 6.33 Å². The van der Waals surface area contributed by atoms with E-state index in [1.165, 1.54) is 12.1 Å². The maximum atomic E-state index is 9.38. The highest BCUT2D eigenvalue weighted by atomic mass is 16.3. The van der Waals surface area contributed by atoms with Gasteiger partial charge < -0.3 is 15.6 Å². The molecular formula is C10H13N3O2. The predicted molar refractivity (Wildman–Crippen MR) is 57.6 cm³/mol. The fraction of sp³-hybridized carbons (Fsp3) is 0.300. The maximum absolute atomic E-state index is 9.38. The Hall–Kier alpha value is -1.91. The Kier molecular flexibility index (Phi) is 2.15. The van der Waals surface area contributed by atoms with Crippen LogP contribution in [0.1, 0.15) is 13.8 Å². The number of hydrogen-bond donors (Lipinski definition) is 3. The molecule has 2 aromatic rings. The van der Waals surface area contributed by atoms with Crippen LogP contribution in [0.5, 0.6) is 11.5 Å². The van der Waals surface area contributed by atoms with Crippen molar-refractivity contribution >= 4 is 11.0 Å². The van der Waals surface area contributed by atoms with Crippen molar-refractivity contribution in [3.63, 3.8) is 0 Å². The van der Waals surface area contributed by atoms with Crippen molar-refractivity contribution in [3.05, 3.63) is 18.5 Å². The van der Waals surface area contributed by atoms with E-state index in [1.807, 2.05) is 13.8 Å². The molecule has 80 valence electrons. The summed E-state index contributed by atoms with van der Waals surface area (Å²) in [5.74, 6) is -0.299. The molecule has 2 rings (SSSR count). The summed E-state index contributed by atoms with van der Waals surface area (Å²) in [4.78, 5) is 4.10. The highest BCUT2D eigenvalue weighted by Gasteiger charge is 2.07. The summed E-state index contributed by atoms with van der Waals surface area (Å²) in [5, 5.41) is 18.7. The molecule has 15 heavy (non-hydrogen) atoms. The van der Waals surface area contributed by atoms with E-state index in [9.17, 15) is 10.2 Å². The molecule has 1 aromatic heterocycles. The standard InChI is InChI=1S/C10H13N3O2/c1-6(2)12-13-5-11-7-3-9(14)10(15)4-8(7)13/h3-6,12,14-15H,1-2H3. The lowest BCUT2D eigenvalue weighted by Crippen LogP contribution is -2.21. The van der Waals surface area contributed by atoms with Crippen LogP contribution >= 0.6 is 0 Å². The number of phenolic OH excluding ortho intramolecular Hbond substituents is 2. The highest BCUT2D eigenvalue weighted by Crippen LogP contribution is 2.28. The van der Waals surface area contributed by atoms with Crippen molar-refractivity contribution in [1.82, 2.24) is 9.66 Å². The molecule has 0 amide bonds. The zero-order chi connectivity index (χ0) is 11.0. The van der Waals surface area contributed by atoms with E-state index < -0.39 is 0 Å². The van der Waals surface area contributed by atoms with Crippen LogP contribution in [-0.2, 0) is 0 Å². The number of rotatable bonds is 2. The number of aromatic nitrogens is 2. The number of hydrogen-bond acceptors (Lipinski definition) is 4. The smallest absolute Gasteiger partial charge is 0.159 e. The van der Waals surface area contributed by atoms with Gasteiger partial charge in [-0.2, -0.15) is 0 Å². The summed E-state index contributed by atoms with van der Waals surface area (Å²) in [7, 11) is 0. The van der Waals surface area contributed by atoms with Crippen LogP contribution in [-0.4, -0.2) is 25.9 Å². The Morgan fingerprint density at radius 2 is 1.93 bits per heavy atom. The van der Waals surface area contributed by atoms with Crippen molar-refractivity contribution in [1.29, 1.82) is 0 Å². The van der Waals surface area contributed by atoms with E-state index in [2.05, 4.69) is 10.4 Å². The lowest BCUT2D eigenvalue weighted by molar-refractivity contribution is 0.404. The molecule has 1 aromatic carbocycles. The second-order valence-electron chi connectivity index (χ2n) is 3.73. The molecule has 0 unspecified atom stereocenters. The zero-order valence-corrected chi connectivity index (χ0v) is 8.60. The van der Waals surface area contributed by atoms with Crippen LogP contribution in [0.15, 0.2) is 18.5 Å². The third-order valence-corrected chi connectivity index (χ3v) is 2.04. The Balaban J connectivity index is 2.54. The first kappa shape index (κ1) is 9.64. The summed E-state index contributed by atoms with van der Waals surface area (Å²) in [6, 6.07) is 3.18. The minimum atomic E-state index is -0.155. The number of nitrogens with zero attached hydrogens (tertiary/aromatic N) is 2. The number of phenols is 2. The SMILES string of the molecule is CC(C)Nn1cnc2cc(O)c(O)cc21. The lowest BCUT2D eigenvalue weighted by Gasteiger charge is -2.11. The quantitative estimate of drug-likeness (QED) is 0.651. The summed E-state index contributed by atoms with van der Waals surface area (Å²) in [5.41, 5.74) is 4.51. The first-order valence-corrected chi connectivity index (χ1v) is 4.73. The van der Waals surface area contributed by atoms with Gasteiger partial charge in [-0.25, -0.2) is 9.66 Å². The molecular weight excluding hydrogens is 194 g/mol. The van der Waals surface area contributed by atoms with E-state index in [0.29, 0.717) is 5.52 Å². The predicted octanol–water partition coefficient (Wildman–Crippen LogP) is 1.40. The van der Waals surface area contributed by atoms with E-state index in [1.54, 1.807) is 11.0 Å². The van der Waals surface area contributed by atoms with Crippen LogP contribution in [0.2, 0.25) is 0 Å². The number of nitrogens with one attached hydrogen (secondary N) is 1. The Morgan fingerprint density at radius 3 is 2.60 bits per heavy atom. The molecule has 0 aliphatic heterocycles. The number of aromatic hydroxyl groups is 2. The van der Waals surface area contributed by atoms with Crippen molar-refractivity contribution in [2.45, 2.75) is 19.9 Å². The van der Waals surface area contributed by atoms with Gasteiger partial charge in [0.15, 0.2) is 11.5 Å². The summed E-state index contributed by atoms with van der Waals surface area (Å²) in [6.07, 6.45) is 1.61. The van der Waals surface area contributed by atoms with Gasteiger partial charge in [-0.05, 0) is 13.8 Å². The molecule has 0 aliphatic rings. The number of imidazole rings is 1. The Morgan fingerprint density at radius 1 is 1.27 bits per heavy atom. The van der Waals surface area contributed by atoms with Gasteiger partial charge in [0.25, 0.3) is 0 Å². The monoisotopic (exact) mass is 207 g/mol. The minimum Gasteiger partial charge on any atom is -0.504 e.